The van der Waals surface area contributed by atoms with Gasteiger partial charge in [0.05, 0.1) is 12.1 Å². The molecule has 1 aliphatic heterocycles. The molecule has 1 unspecified atom stereocenters. The van der Waals surface area contributed by atoms with Gasteiger partial charge in [-0.2, -0.15) is 0 Å². The molecular weight excluding hydrogens is 240 g/mol. The smallest absolute Gasteiger partial charge is 0.220 e. The molecule has 0 spiro atoms. The van der Waals surface area contributed by atoms with Crippen molar-refractivity contribution in [3.63, 3.8) is 0 Å². The lowest BCUT2D eigenvalue weighted by molar-refractivity contribution is -0.125. The number of amides is 1. The molecule has 4 heteroatoms. The molecule has 0 radical (unpaired) electrons. The minimum Gasteiger partial charge on any atom is -0.379 e. The van der Waals surface area contributed by atoms with Crippen LogP contribution in [0.4, 0.5) is 0 Å². The molecule has 0 aromatic carbocycles. The Morgan fingerprint density at radius 3 is 2.74 bits per heavy atom. The van der Waals surface area contributed by atoms with E-state index < -0.39 is 0 Å². The first-order valence-corrected chi connectivity index (χ1v) is 7.72. The average Bonchev–Trinajstić information content (AvgIpc) is 2.38. The highest BCUT2D eigenvalue weighted by atomic mass is 16.5. The van der Waals surface area contributed by atoms with Gasteiger partial charge in [0.1, 0.15) is 0 Å². The van der Waals surface area contributed by atoms with E-state index >= 15 is 0 Å². The van der Waals surface area contributed by atoms with Gasteiger partial charge in [-0.25, -0.2) is 0 Å². The molecule has 1 atom stereocenters. The van der Waals surface area contributed by atoms with Gasteiger partial charge in [0.15, 0.2) is 0 Å². The van der Waals surface area contributed by atoms with Crippen molar-refractivity contribution in [2.24, 2.45) is 11.7 Å². The summed E-state index contributed by atoms with van der Waals surface area (Å²) in [4.78, 5) is 12.0. The third-order valence-corrected chi connectivity index (χ3v) is 4.55. The van der Waals surface area contributed by atoms with Gasteiger partial charge >= 0.3 is 0 Å². The van der Waals surface area contributed by atoms with Crippen molar-refractivity contribution in [3.05, 3.63) is 0 Å². The summed E-state index contributed by atoms with van der Waals surface area (Å²) in [5.74, 6) is 0.879. The summed E-state index contributed by atoms with van der Waals surface area (Å²) in [6, 6.07) is 0.392. The lowest BCUT2D eigenvalue weighted by atomic mass is 9.83. The zero-order valence-corrected chi connectivity index (χ0v) is 12.1. The number of rotatable bonds is 4. The Kier molecular flexibility index (Phi) is 5.22. The lowest BCUT2D eigenvalue weighted by Gasteiger charge is -2.34. The summed E-state index contributed by atoms with van der Waals surface area (Å²) < 4.78 is 5.46. The van der Waals surface area contributed by atoms with Crippen LogP contribution in [-0.4, -0.2) is 30.7 Å². The molecule has 4 nitrogen and oxygen atoms in total. The zero-order valence-electron chi connectivity index (χ0n) is 12.1. The summed E-state index contributed by atoms with van der Waals surface area (Å²) in [6.45, 7) is 3.56. The molecular formula is C15H28N2O2. The number of hydrogen-bond acceptors (Lipinski definition) is 3. The van der Waals surface area contributed by atoms with E-state index in [9.17, 15) is 4.79 Å². The molecule has 1 amide bonds. The van der Waals surface area contributed by atoms with Crippen molar-refractivity contribution in [1.29, 1.82) is 0 Å². The van der Waals surface area contributed by atoms with Gasteiger partial charge in [0.25, 0.3) is 0 Å². The molecule has 19 heavy (non-hydrogen) atoms. The molecule has 1 aliphatic carbocycles. The van der Waals surface area contributed by atoms with E-state index in [-0.39, 0.29) is 11.4 Å². The SMILES string of the molecule is CC1(NC(=O)CCC2CCC(N)CC2)CCCOC1. The Hall–Kier alpha value is -0.610. The van der Waals surface area contributed by atoms with Crippen LogP contribution in [0.2, 0.25) is 0 Å². The van der Waals surface area contributed by atoms with E-state index in [2.05, 4.69) is 12.2 Å². The maximum absolute atomic E-state index is 12.0. The van der Waals surface area contributed by atoms with Crippen molar-refractivity contribution in [2.45, 2.75) is 69.9 Å². The number of carbonyl (C=O) groups is 1. The summed E-state index contributed by atoms with van der Waals surface area (Å²) >= 11 is 0. The van der Waals surface area contributed by atoms with Gasteiger partial charge in [-0.15, -0.1) is 0 Å². The minimum absolute atomic E-state index is 0.149. The van der Waals surface area contributed by atoms with Crippen LogP contribution in [0.3, 0.4) is 0 Å². The van der Waals surface area contributed by atoms with Crippen molar-refractivity contribution in [2.75, 3.05) is 13.2 Å². The Balaban J connectivity index is 1.66. The van der Waals surface area contributed by atoms with Crippen LogP contribution in [0, 0.1) is 5.92 Å². The molecule has 1 heterocycles. The Morgan fingerprint density at radius 1 is 1.37 bits per heavy atom. The second-order valence-corrected chi connectivity index (χ2v) is 6.58. The topological polar surface area (TPSA) is 64.4 Å². The lowest BCUT2D eigenvalue weighted by Crippen LogP contribution is -2.51. The highest BCUT2D eigenvalue weighted by Gasteiger charge is 2.29. The van der Waals surface area contributed by atoms with E-state index in [0.717, 1.165) is 38.7 Å². The second-order valence-electron chi connectivity index (χ2n) is 6.58. The number of ether oxygens (including phenoxy) is 1. The fourth-order valence-corrected chi connectivity index (χ4v) is 3.24. The van der Waals surface area contributed by atoms with Crippen LogP contribution in [0.5, 0.6) is 0 Å². The number of nitrogens with one attached hydrogen (secondary N) is 1. The first-order valence-electron chi connectivity index (χ1n) is 7.72. The molecule has 2 rings (SSSR count). The van der Waals surface area contributed by atoms with E-state index in [1.165, 1.54) is 12.8 Å². The third-order valence-electron chi connectivity index (χ3n) is 4.55. The van der Waals surface area contributed by atoms with Crippen LogP contribution in [0.25, 0.3) is 0 Å². The first-order chi connectivity index (χ1) is 9.07. The summed E-state index contributed by atoms with van der Waals surface area (Å²) in [5.41, 5.74) is 5.75. The van der Waals surface area contributed by atoms with Crippen molar-refractivity contribution >= 4 is 5.91 Å². The van der Waals surface area contributed by atoms with Gasteiger partial charge in [-0.1, -0.05) is 0 Å². The van der Waals surface area contributed by atoms with Crippen molar-refractivity contribution < 1.29 is 9.53 Å². The third kappa shape index (κ3) is 4.77. The Morgan fingerprint density at radius 2 is 2.11 bits per heavy atom. The average molecular weight is 268 g/mol. The molecule has 2 fully saturated rings. The highest BCUT2D eigenvalue weighted by molar-refractivity contribution is 5.76. The van der Waals surface area contributed by atoms with Gasteiger partial charge in [0.2, 0.25) is 5.91 Å². The van der Waals surface area contributed by atoms with E-state index in [1.807, 2.05) is 0 Å². The zero-order chi connectivity index (χ0) is 13.7. The summed E-state index contributed by atoms with van der Waals surface area (Å²) in [6.07, 6.45) is 8.35. The predicted octanol–water partition coefficient (Wildman–Crippen LogP) is 1.97. The van der Waals surface area contributed by atoms with Crippen LogP contribution in [0.15, 0.2) is 0 Å². The van der Waals surface area contributed by atoms with Crippen LogP contribution >= 0.6 is 0 Å². The number of nitrogens with two attached hydrogens (primary N) is 1. The molecule has 0 bridgehead atoms. The molecule has 2 aliphatic rings. The highest BCUT2D eigenvalue weighted by Crippen LogP contribution is 2.27. The second kappa shape index (κ2) is 6.71. The van der Waals surface area contributed by atoms with Crippen molar-refractivity contribution in [3.8, 4) is 0 Å². The number of carbonyl (C=O) groups excluding carboxylic acids is 1. The molecule has 0 aromatic rings. The van der Waals surface area contributed by atoms with Crippen molar-refractivity contribution in [1.82, 2.24) is 5.32 Å². The fraction of sp³-hybridized carbons (Fsp3) is 0.933. The van der Waals surface area contributed by atoms with Crippen LogP contribution < -0.4 is 11.1 Å². The molecule has 110 valence electrons. The predicted molar refractivity (Wildman–Crippen MR) is 75.8 cm³/mol. The Labute approximate surface area is 116 Å². The van der Waals surface area contributed by atoms with E-state index in [0.29, 0.717) is 25.0 Å². The Bertz CT molecular complexity index is 293. The standard InChI is InChI=1S/C15H28N2O2/c1-15(9-2-10-19-11-15)17-14(18)8-5-12-3-6-13(16)7-4-12/h12-13H,2-11,16H2,1H3,(H,17,18). The maximum Gasteiger partial charge on any atom is 0.220 e. The normalized spacial score (nSPS) is 35.9. The molecule has 1 saturated heterocycles. The monoisotopic (exact) mass is 268 g/mol. The van der Waals surface area contributed by atoms with Gasteiger partial charge in [0, 0.05) is 19.1 Å². The largest absolute Gasteiger partial charge is 0.379 e. The van der Waals surface area contributed by atoms with Crippen LogP contribution in [-0.2, 0) is 9.53 Å². The fourth-order valence-electron chi connectivity index (χ4n) is 3.24. The van der Waals surface area contributed by atoms with E-state index in [4.69, 9.17) is 10.5 Å². The van der Waals surface area contributed by atoms with Gasteiger partial charge < -0.3 is 15.8 Å². The van der Waals surface area contributed by atoms with Crippen LogP contribution in [0.1, 0.15) is 58.3 Å². The van der Waals surface area contributed by atoms with Gasteiger partial charge in [-0.05, 0) is 57.8 Å². The maximum atomic E-state index is 12.0. The first kappa shape index (κ1) is 14.8. The number of hydrogen-bond donors (Lipinski definition) is 2. The van der Waals surface area contributed by atoms with E-state index in [1.54, 1.807) is 0 Å². The van der Waals surface area contributed by atoms with Gasteiger partial charge in [-0.3, -0.25) is 4.79 Å². The summed E-state index contributed by atoms with van der Waals surface area (Å²) in [7, 11) is 0. The quantitative estimate of drug-likeness (QED) is 0.819. The molecule has 3 N–H and O–H groups in total. The summed E-state index contributed by atoms with van der Waals surface area (Å²) in [5, 5.41) is 3.15. The minimum atomic E-state index is -0.149. The molecule has 0 aromatic heterocycles. The molecule has 1 saturated carbocycles.